The zero-order chi connectivity index (χ0) is 12.8. The van der Waals surface area contributed by atoms with E-state index < -0.39 is 11.6 Å². The summed E-state index contributed by atoms with van der Waals surface area (Å²) in [7, 11) is 0. The molecule has 0 bridgehead atoms. The maximum Gasteiger partial charge on any atom is 0.151 e. The smallest absolute Gasteiger partial charge is 0.151 e. The van der Waals surface area contributed by atoms with Gasteiger partial charge in [0, 0.05) is 11.7 Å². The van der Waals surface area contributed by atoms with Crippen LogP contribution in [-0.2, 0) is 0 Å². The van der Waals surface area contributed by atoms with E-state index in [-0.39, 0.29) is 17.4 Å². The number of nitrogens with two attached hydrogens (primary N) is 1. The third kappa shape index (κ3) is 4.21. The summed E-state index contributed by atoms with van der Waals surface area (Å²) in [5.41, 5.74) is 5.37. The lowest BCUT2D eigenvalue weighted by molar-refractivity contribution is 0.571. The van der Waals surface area contributed by atoms with Gasteiger partial charge < -0.3 is 11.1 Å². The van der Waals surface area contributed by atoms with Gasteiger partial charge in [-0.05, 0) is 25.5 Å². The summed E-state index contributed by atoms with van der Waals surface area (Å²) in [6.45, 7) is 4.04. The Labute approximate surface area is 101 Å². The van der Waals surface area contributed by atoms with Crippen molar-refractivity contribution < 1.29 is 8.78 Å². The first-order valence-corrected chi connectivity index (χ1v) is 6.05. The van der Waals surface area contributed by atoms with Gasteiger partial charge in [0.1, 0.15) is 5.69 Å². The van der Waals surface area contributed by atoms with E-state index in [9.17, 15) is 8.78 Å². The average Bonchev–Trinajstić information content (AvgIpc) is 2.24. The van der Waals surface area contributed by atoms with Crippen molar-refractivity contribution in [2.45, 2.75) is 45.6 Å². The molecule has 0 saturated carbocycles. The van der Waals surface area contributed by atoms with Crippen molar-refractivity contribution in [3.8, 4) is 0 Å². The molecule has 0 spiro atoms. The van der Waals surface area contributed by atoms with Gasteiger partial charge in [-0.2, -0.15) is 0 Å². The molecule has 1 unspecified atom stereocenters. The number of halogens is 2. The van der Waals surface area contributed by atoms with Crippen molar-refractivity contribution in [1.29, 1.82) is 0 Å². The molecule has 0 amide bonds. The minimum atomic E-state index is -0.634. The van der Waals surface area contributed by atoms with Gasteiger partial charge in [-0.15, -0.1) is 0 Å². The highest BCUT2D eigenvalue weighted by Crippen LogP contribution is 2.23. The molecule has 4 heteroatoms. The summed E-state index contributed by atoms with van der Waals surface area (Å²) in [5.74, 6) is -1.27. The summed E-state index contributed by atoms with van der Waals surface area (Å²) >= 11 is 0. The van der Waals surface area contributed by atoms with E-state index in [2.05, 4.69) is 12.2 Å². The molecule has 2 nitrogen and oxygen atoms in total. The highest BCUT2D eigenvalue weighted by molar-refractivity contribution is 5.54. The minimum absolute atomic E-state index is 0.0502. The monoisotopic (exact) mass is 242 g/mol. The largest absolute Gasteiger partial charge is 0.399 e. The van der Waals surface area contributed by atoms with Crippen LogP contribution in [0.5, 0.6) is 0 Å². The second-order valence-electron chi connectivity index (χ2n) is 4.40. The molecule has 0 aliphatic heterocycles. The molecule has 0 aliphatic rings. The van der Waals surface area contributed by atoms with Gasteiger partial charge in [-0.1, -0.05) is 26.2 Å². The van der Waals surface area contributed by atoms with Crippen molar-refractivity contribution in [2.75, 3.05) is 11.1 Å². The highest BCUT2D eigenvalue weighted by Gasteiger charge is 2.12. The first-order valence-electron chi connectivity index (χ1n) is 6.05. The van der Waals surface area contributed by atoms with Crippen LogP contribution >= 0.6 is 0 Å². The van der Waals surface area contributed by atoms with Crippen molar-refractivity contribution in [2.24, 2.45) is 0 Å². The maximum absolute atomic E-state index is 13.5. The number of rotatable bonds is 6. The van der Waals surface area contributed by atoms with Crippen LogP contribution in [0.4, 0.5) is 20.2 Å². The molecule has 0 heterocycles. The Hall–Kier alpha value is -1.32. The Morgan fingerprint density at radius 2 is 1.82 bits per heavy atom. The zero-order valence-electron chi connectivity index (χ0n) is 10.4. The van der Waals surface area contributed by atoms with E-state index in [4.69, 9.17) is 5.73 Å². The number of hydrogen-bond acceptors (Lipinski definition) is 2. The molecule has 1 aromatic carbocycles. The molecule has 96 valence electrons. The molecule has 17 heavy (non-hydrogen) atoms. The number of hydrogen-bond donors (Lipinski definition) is 2. The lowest BCUT2D eigenvalue weighted by atomic mass is 10.1. The van der Waals surface area contributed by atoms with E-state index in [0.717, 1.165) is 37.8 Å². The Morgan fingerprint density at radius 3 is 2.35 bits per heavy atom. The number of anilines is 2. The predicted molar refractivity (Wildman–Crippen MR) is 68.0 cm³/mol. The highest BCUT2D eigenvalue weighted by atomic mass is 19.1. The summed E-state index contributed by atoms with van der Waals surface area (Å²) in [4.78, 5) is 0. The number of unbranched alkanes of at least 4 members (excludes halogenated alkanes) is 2. The third-order valence-corrected chi connectivity index (χ3v) is 2.70. The van der Waals surface area contributed by atoms with Crippen molar-refractivity contribution in [1.82, 2.24) is 0 Å². The van der Waals surface area contributed by atoms with Crippen molar-refractivity contribution in [3.63, 3.8) is 0 Å². The Kier molecular flexibility index (Phi) is 5.19. The van der Waals surface area contributed by atoms with Crippen LogP contribution in [0.2, 0.25) is 0 Å². The summed E-state index contributed by atoms with van der Waals surface area (Å²) < 4.78 is 27.0. The van der Waals surface area contributed by atoms with E-state index in [0.29, 0.717) is 0 Å². The van der Waals surface area contributed by atoms with Gasteiger partial charge in [-0.3, -0.25) is 0 Å². The predicted octanol–water partition coefficient (Wildman–Crippen LogP) is 3.93. The standard InChI is InChI=1S/C13H20F2N2/c1-3-4-5-6-9(2)17-13-11(14)7-10(16)8-12(13)15/h7-9,17H,3-6,16H2,1-2H3. The number of nitrogen functional groups attached to an aromatic ring is 1. The summed E-state index contributed by atoms with van der Waals surface area (Å²) in [6.07, 6.45) is 4.23. The molecule has 1 rings (SSSR count). The molecular weight excluding hydrogens is 222 g/mol. The van der Waals surface area contributed by atoms with E-state index in [1.54, 1.807) is 0 Å². The first-order chi connectivity index (χ1) is 8.04. The van der Waals surface area contributed by atoms with Crippen LogP contribution in [0.3, 0.4) is 0 Å². The van der Waals surface area contributed by atoms with Crippen molar-refractivity contribution >= 4 is 11.4 Å². The fraction of sp³-hybridized carbons (Fsp3) is 0.538. The quantitative estimate of drug-likeness (QED) is 0.586. The van der Waals surface area contributed by atoms with Gasteiger partial charge in [0.25, 0.3) is 0 Å². The average molecular weight is 242 g/mol. The molecule has 0 aliphatic carbocycles. The van der Waals surface area contributed by atoms with Gasteiger partial charge in [0.2, 0.25) is 0 Å². The van der Waals surface area contributed by atoms with Gasteiger partial charge in [0.05, 0.1) is 0 Å². The second kappa shape index (κ2) is 6.42. The van der Waals surface area contributed by atoms with Crippen LogP contribution in [-0.4, -0.2) is 6.04 Å². The first kappa shape index (κ1) is 13.7. The fourth-order valence-corrected chi connectivity index (χ4v) is 1.75. The molecule has 0 aromatic heterocycles. The Morgan fingerprint density at radius 1 is 1.24 bits per heavy atom. The number of nitrogens with one attached hydrogen (secondary N) is 1. The van der Waals surface area contributed by atoms with E-state index in [1.165, 1.54) is 0 Å². The molecule has 0 radical (unpaired) electrons. The van der Waals surface area contributed by atoms with Gasteiger partial charge in [-0.25, -0.2) is 8.78 Å². The Bertz CT molecular complexity index is 343. The molecule has 0 fully saturated rings. The fourth-order valence-electron chi connectivity index (χ4n) is 1.75. The summed E-state index contributed by atoms with van der Waals surface area (Å²) in [5, 5.41) is 2.86. The molecule has 0 saturated heterocycles. The second-order valence-corrected chi connectivity index (χ2v) is 4.40. The van der Waals surface area contributed by atoms with Crippen LogP contribution in [0.1, 0.15) is 39.5 Å². The van der Waals surface area contributed by atoms with Crippen molar-refractivity contribution in [3.05, 3.63) is 23.8 Å². The number of benzene rings is 1. The van der Waals surface area contributed by atoms with Crippen LogP contribution < -0.4 is 11.1 Å². The van der Waals surface area contributed by atoms with E-state index in [1.807, 2.05) is 6.92 Å². The van der Waals surface area contributed by atoms with Crippen LogP contribution in [0.15, 0.2) is 12.1 Å². The molecular formula is C13H20F2N2. The molecule has 1 atom stereocenters. The molecule has 3 N–H and O–H groups in total. The summed E-state index contributed by atoms with van der Waals surface area (Å²) in [6, 6.07) is 2.31. The van der Waals surface area contributed by atoms with E-state index >= 15 is 0 Å². The Balaban J connectivity index is 2.61. The van der Waals surface area contributed by atoms with Crippen LogP contribution in [0.25, 0.3) is 0 Å². The van der Waals surface area contributed by atoms with Gasteiger partial charge >= 0.3 is 0 Å². The lowest BCUT2D eigenvalue weighted by Gasteiger charge is -2.16. The van der Waals surface area contributed by atoms with Crippen LogP contribution in [0, 0.1) is 11.6 Å². The third-order valence-electron chi connectivity index (χ3n) is 2.70. The zero-order valence-corrected chi connectivity index (χ0v) is 10.4. The topological polar surface area (TPSA) is 38.0 Å². The SMILES string of the molecule is CCCCCC(C)Nc1c(F)cc(N)cc1F. The van der Waals surface area contributed by atoms with Gasteiger partial charge in [0.15, 0.2) is 11.6 Å². The normalized spacial score (nSPS) is 12.5. The minimum Gasteiger partial charge on any atom is -0.399 e. The maximum atomic E-state index is 13.5. The lowest BCUT2D eigenvalue weighted by Crippen LogP contribution is -2.17. The molecule has 1 aromatic rings.